The second-order valence-electron chi connectivity index (χ2n) is 3.48. The molecule has 0 unspecified atom stereocenters. The van der Waals surface area contributed by atoms with E-state index in [4.69, 9.17) is 4.74 Å². The molecule has 0 aromatic heterocycles. The molecule has 3 nitrogen and oxygen atoms in total. The number of hydrogen-bond acceptors (Lipinski definition) is 2. The van der Waals surface area contributed by atoms with E-state index in [9.17, 15) is 9.18 Å². The lowest BCUT2D eigenvalue weighted by Crippen LogP contribution is -2.22. The molecule has 1 rings (SSSR count). The molecule has 0 atom stereocenters. The minimum atomic E-state index is -0.333. The summed E-state index contributed by atoms with van der Waals surface area (Å²) < 4.78 is 18.1. The molecule has 0 aliphatic carbocycles. The Hall–Kier alpha value is -1.58. The first kappa shape index (κ1) is 12.5. The van der Waals surface area contributed by atoms with Crippen LogP contribution in [0.15, 0.2) is 18.2 Å². The van der Waals surface area contributed by atoms with Crippen LogP contribution in [0.2, 0.25) is 0 Å². The number of benzene rings is 1. The Kier molecular flexibility index (Phi) is 4.76. The highest BCUT2D eigenvalue weighted by molar-refractivity contribution is 5.75. The highest BCUT2D eigenvalue weighted by atomic mass is 19.1. The van der Waals surface area contributed by atoms with E-state index in [1.165, 1.54) is 19.2 Å². The van der Waals surface area contributed by atoms with Crippen molar-refractivity contribution in [3.63, 3.8) is 0 Å². The molecule has 0 heterocycles. The molecule has 0 radical (unpaired) electrons. The fourth-order valence-corrected chi connectivity index (χ4v) is 1.39. The summed E-state index contributed by atoms with van der Waals surface area (Å²) in [4.78, 5) is 11.3. The Morgan fingerprint density at radius 2 is 2.25 bits per heavy atom. The first-order valence-corrected chi connectivity index (χ1v) is 5.26. The average Bonchev–Trinajstić information content (AvgIpc) is 2.27. The summed E-state index contributed by atoms with van der Waals surface area (Å²) >= 11 is 0. The van der Waals surface area contributed by atoms with Crippen LogP contribution in [0.4, 0.5) is 4.39 Å². The molecule has 1 amide bonds. The Morgan fingerprint density at radius 3 is 2.88 bits per heavy atom. The summed E-state index contributed by atoms with van der Waals surface area (Å²) in [5.41, 5.74) is 0.645. The minimum absolute atomic E-state index is 0.0335. The zero-order valence-corrected chi connectivity index (χ0v) is 9.55. The van der Waals surface area contributed by atoms with Crippen molar-refractivity contribution < 1.29 is 13.9 Å². The molecule has 4 heteroatoms. The fraction of sp³-hybridized carbons (Fsp3) is 0.417. The zero-order valence-electron chi connectivity index (χ0n) is 9.55. The van der Waals surface area contributed by atoms with E-state index in [-0.39, 0.29) is 11.7 Å². The van der Waals surface area contributed by atoms with Gasteiger partial charge in [-0.05, 0) is 24.6 Å². The zero-order chi connectivity index (χ0) is 12.0. The van der Waals surface area contributed by atoms with Gasteiger partial charge in [-0.25, -0.2) is 4.39 Å². The normalized spacial score (nSPS) is 9.94. The molecule has 0 saturated heterocycles. The van der Waals surface area contributed by atoms with Gasteiger partial charge >= 0.3 is 0 Å². The van der Waals surface area contributed by atoms with Crippen molar-refractivity contribution in [1.82, 2.24) is 5.32 Å². The maximum atomic E-state index is 13.0. The number of carbonyl (C=O) groups is 1. The van der Waals surface area contributed by atoms with Crippen LogP contribution in [0.3, 0.4) is 0 Å². The van der Waals surface area contributed by atoms with Crippen LogP contribution in [-0.2, 0) is 11.3 Å². The second kappa shape index (κ2) is 6.10. The molecule has 1 aromatic rings. The third-order valence-electron chi connectivity index (χ3n) is 2.20. The van der Waals surface area contributed by atoms with Gasteiger partial charge in [-0.3, -0.25) is 4.79 Å². The number of rotatable bonds is 5. The number of carbonyl (C=O) groups excluding carboxylic acids is 1. The average molecular weight is 225 g/mol. The summed E-state index contributed by atoms with van der Waals surface area (Å²) in [6.45, 7) is 2.22. The van der Waals surface area contributed by atoms with Crippen molar-refractivity contribution in [3.05, 3.63) is 29.6 Å². The van der Waals surface area contributed by atoms with Crippen molar-refractivity contribution >= 4 is 5.91 Å². The summed E-state index contributed by atoms with van der Waals surface area (Å²) in [7, 11) is 1.52. The van der Waals surface area contributed by atoms with Crippen LogP contribution in [0, 0.1) is 5.82 Å². The molecule has 0 saturated carbocycles. The number of hydrogen-bond donors (Lipinski definition) is 1. The topological polar surface area (TPSA) is 38.3 Å². The van der Waals surface area contributed by atoms with Crippen molar-refractivity contribution in [2.45, 2.75) is 26.3 Å². The van der Waals surface area contributed by atoms with Crippen molar-refractivity contribution in [2.75, 3.05) is 7.11 Å². The molecule has 0 spiro atoms. The third-order valence-corrected chi connectivity index (χ3v) is 2.20. The van der Waals surface area contributed by atoms with Gasteiger partial charge in [0.1, 0.15) is 11.6 Å². The Bertz CT molecular complexity index is 366. The molecule has 1 N–H and O–H groups in total. The second-order valence-corrected chi connectivity index (χ2v) is 3.48. The largest absolute Gasteiger partial charge is 0.496 e. The Morgan fingerprint density at radius 1 is 1.50 bits per heavy atom. The maximum Gasteiger partial charge on any atom is 0.220 e. The lowest BCUT2D eigenvalue weighted by molar-refractivity contribution is -0.121. The van der Waals surface area contributed by atoms with Gasteiger partial charge in [-0.2, -0.15) is 0 Å². The summed E-state index contributed by atoms with van der Waals surface area (Å²) in [5.74, 6) is 0.215. The van der Waals surface area contributed by atoms with E-state index >= 15 is 0 Å². The minimum Gasteiger partial charge on any atom is -0.496 e. The van der Waals surface area contributed by atoms with Crippen molar-refractivity contribution in [1.29, 1.82) is 0 Å². The monoisotopic (exact) mass is 225 g/mol. The smallest absolute Gasteiger partial charge is 0.220 e. The summed E-state index contributed by atoms with van der Waals surface area (Å²) in [5, 5.41) is 2.72. The van der Waals surface area contributed by atoms with Gasteiger partial charge in [0.2, 0.25) is 5.91 Å². The van der Waals surface area contributed by atoms with Gasteiger partial charge in [0.25, 0.3) is 0 Å². The van der Waals surface area contributed by atoms with Crippen molar-refractivity contribution in [3.8, 4) is 5.75 Å². The number of ether oxygens (including phenoxy) is 1. The number of halogens is 1. The van der Waals surface area contributed by atoms with E-state index < -0.39 is 0 Å². The summed E-state index contributed by atoms with van der Waals surface area (Å²) in [6, 6.07) is 4.25. The molecular weight excluding hydrogens is 209 g/mol. The van der Waals surface area contributed by atoms with E-state index in [0.29, 0.717) is 24.3 Å². The van der Waals surface area contributed by atoms with Gasteiger partial charge in [-0.1, -0.05) is 6.92 Å². The van der Waals surface area contributed by atoms with Crippen LogP contribution in [0.5, 0.6) is 5.75 Å². The van der Waals surface area contributed by atoms with Gasteiger partial charge in [0.15, 0.2) is 0 Å². The van der Waals surface area contributed by atoms with Crippen LogP contribution < -0.4 is 10.1 Å². The van der Waals surface area contributed by atoms with E-state index in [1.54, 1.807) is 6.07 Å². The van der Waals surface area contributed by atoms with Gasteiger partial charge < -0.3 is 10.1 Å². The molecule has 0 aliphatic heterocycles. The third kappa shape index (κ3) is 3.53. The van der Waals surface area contributed by atoms with Crippen LogP contribution in [-0.4, -0.2) is 13.0 Å². The van der Waals surface area contributed by atoms with Gasteiger partial charge in [0.05, 0.1) is 7.11 Å². The highest BCUT2D eigenvalue weighted by Gasteiger charge is 2.06. The molecule has 0 bridgehead atoms. The highest BCUT2D eigenvalue weighted by Crippen LogP contribution is 2.18. The standard InChI is InChI=1S/C12H16FNO2/c1-3-4-12(15)14-8-9-7-10(13)5-6-11(9)16-2/h5-7H,3-4,8H2,1-2H3,(H,14,15). The number of nitrogens with one attached hydrogen (secondary N) is 1. The predicted molar refractivity (Wildman–Crippen MR) is 59.7 cm³/mol. The molecule has 0 fully saturated rings. The Balaban J connectivity index is 2.65. The predicted octanol–water partition coefficient (Wildman–Crippen LogP) is 2.25. The first-order valence-electron chi connectivity index (χ1n) is 5.26. The van der Waals surface area contributed by atoms with Crippen molar-refractivity contribution in [2.24, 2.45) is 0 Å². The SMILES string of the molecule is CCCC(=O)NCc1cc(F)ccc1OC. The molecule has 0 aliphatic rings. The molecule has 1 aromatic carbocycles. The lowest BCUT2D eigenvalue weighted by Gasteiger charge is -2.09. The van der Waals surface area contributed by atoms with E-state index in [0.717, 1.165) is 6.42 Å². The van der Waals surface area contributed by atoms with Gasteiger partial charge in [0, 0.05) is 18.5 Å². The molecular formula is C12H16FNO2. The van der Waals surface area contributed by atoms with Crippen LogP contribution >= 0.6 is 0 Å². The van der Waals surface area contributed by atoms with Gasteiger partial charge in [-0.15, -0.1) is 0 Å². The maximum absolute atomic E-state index is 13.0. The van der Waals surface area contributed by atoms with E-state index in [2.05, 4.69) is 5.32 Å². The molecule has 88 valence electrons. The van der Waals surface area contributed by atoms with Crippen LogP contribution in [0.25, 0.3) is 0 Å². The lowest BCUT2D eigenvalue weighted by atomic mass is 10.2. The molecule has 16 heavy (non-hydrogen) atoms. The number of amides is 1. The number of methoxy groups -OCH3 is 1. The summed E-state index contributed by atoms with van der Waals surface area (Å²) in [6.07, 6.45) is 1.28. The van der Waals surface area contributed by atoms with Crippen LogP contribution in [0.1, 0.15) is 25.3 Å². The first-order chi connectivity index (χ1) is 7.67. The Labute approximate surface area is 94.6 Å². The van der Waals surface area contributed by atoms with E-state index in [1.807, 2.05) is 6.92 Å². The fourth-order valence-electron chi connectivity index (χ4n) is 1.39. The quantitative estimate of drug-likeness (QED) is 0.834.